The van der Waals surface area contributed by atoms with Crippen LogP contribution in [0.1, 0.15) is 30.7 Å². The number of aromatic nitrogens is 2. The highest BCUT2D eigenvalue weighted by atomic mass is 19.2. The van der Waals surface area contributed by atoms with Crippen LogP contribution < -0.4 is 0 Å². The van der Waals surface area contributed by atoms with Gasteiger partial charge in [-0.15, -0.1) is 0 Å². The maximum absolute atomic E-state index is 13.5. The molecule has 0 fully saturated rings. The lowest BCUT2D eigenvalue weighted by Gasteiger charge is -2.14. The van der Waals surface area contributed by atoms with Gasteiger partial charge in [-0.3, -0.25) is 0 Å². The van der Waals surface area contributed by atoms with Gasteiger partial charge in [0.2, 0.25) is 0 Å². The molecule has 0 aliphatic carbocycles. The lowest BCUT2D eigenvalue weighted by molar-refractivity contribution is 0.167. The number of aliphatic hydroxyl groups excluding tert-OH is 1. The molecule has 1 unspecified atom stereocenters. The summed E-state index contributed by atoms with van der Waals surface area (Å²) < 4.78 is 28.5. The summed E-state index contributed by atoms with van der Waals surface area (Å²) >= 11 is 0. The fraction of sp³-hybridized carbons (Fsp3) is 0.357. The van der Waals surface area contributed by atoms with Crippen molar-refractivity contribution in [2.24, 2.45) is 0 Å². The molecule has 0 saturated heterocycles. The number of aryl methyl sites for hydroxylation is 1. The van der Waals surface area contributed by atoms with Crippen LogP contribution in [0, 0.1) is 11.6 Å². The molecule has 0 aliphatic rings. The lowest BCUT2D eigenvalue weighted by Crippen LogP contribution is -2.10. The summed E-state index contributed by atoms with van der Waals surface area (Å²) in [4.78, 5) is 3.98. The molecule has 0 bridgehead atoms. The molecule has 0 saturated carbocycles. The molecule has 2 aromatic rings. The van der Waals surface area contributed by atoms with E-state index in [1.165, 1.54) is 12.1 Å². The zero-order valence-electron chi connectivity index (χ0n) is 10.7. The van der Waals surface area contributed by atoms with Crippen LogP contribution in [0.5, 0.6) is 0 Å². The van der Waals surface area contributed by atoms with Gasteiger partial charge in [0.1, 0.15) is 0 Å². The molecule has 1 aromatic carbocycles. The third-order valence-corrected chi connectivity index (χ3v) is 3.00. The molecule has 102 valence electrons. The average Bonchev–Trinajstić information content (AvgIpc) is 2.84. The Kier molecular flexibility index (Phi) is 4.27. The van der Waals surface area contributed by atoms with Gasteiger partial charge >= 0.3 is 0 Å². The Bertz CT molecular complexity index is 554. The minimum atomic E-state index is -0.900. The minimum absolute atomic E-state index is 0.0268. The van der Waals surface area contributed by atoms with Gasteiger partial charge in [0, 0.05) is 13.0 Å². The van der Waals surface area contributed by atoms with Crippen LogP contribution in [0.15, 0.2) is 30.7 Å². The fourth-order valence-electron chi connectivity index (χ4n) is 2.06. The number of imidazole rings is 1. The van der Waals surface area contributed by atoms with Crippen molar-refractivity contribution in [2.45, 2.75) is 32.4 Å². The van der Waals surface area contributed by atoms with E-state index < -0.39 is 17.7 Å². The van der Waals surface area contributed by atoms with E-state index in [0.717, 1.165) is 19.0 Å². The smallest absolute Gasteiger partial charge is 0.162 e. The normalized spacial score (nSPS) is 12.6. The van der Waals surface area contributed by atoms with Crippen LogP contribution in [-0.2, 0) is 13.0 Å². The molecule has 19 heavy (non-hydrogen) atoms. The predicted octanol–water partition coefficient (Wildman–Crippen LogP) is 2.85. The number of rotatable bonds is 5. The Morgan fingerprint density at radius 2 is 2.16 bits per heavy atom. The molecule has 0 aliphatic heterocycles. The van der Waals surface area contributed by atoms with Gasteiger partial charge in [0.15, 0.2) is 11.6 Å². The molecule has 5 heteroatoms. The first-order valence-electron chi connectivity index (χ1n) is 6.24. The highest BCUT2D eigenvalue weighted by molar-refractivity contribution is 5.21. The Morgan fingerprint density at radius 3 is 2.89 bits per heavy atom. The number of hydrogen-bond acceptors (Lipinski definition) is 2. The van der Waals surface area contributed by atoms with E-state index in [2.05, 4.69) is 4.98 Å². The number of benzene rings is 1. The topological polar surface area (TPSA) is 38.0 Å². The molecule has 0 spiro atoms. The summed E-state index contributed by atoms with van der Waals surface area (Å²) in [5.41, 5.74) is 0.780. The Morgan fingerprint density at radius 1 is 1.37 bits per heavy atom. The van der Waals surface area contributed by atoms with Crippen molar-refractivity contribution in [2.75, 3.05) is 0 Å². The van der Waals surface area contributed by atoms with Crippen LogP contribution in [0.3, 0.4) is 0 Å². The number of hydrogen-bond donors (Lipinski definition) is 1. The lowest BCUT2D eigenvalue weighted by atomic mass is 10.1. The Hall–Kier alpha value is -1.75. The van der Waals surface area contributed by atoms with E-state index in [0.29, 0.717) is 5.69 Å². The van der Waals surface area contributed by atoms with Crippen LogP contribution in [0.2, 0.25) is 0 Å². The van der Waals surface area contributed by atoms with Gasteiger partial charge in [0.25, 0.3) is 0 Å². The average molecular weight is 266 g/mol. The third kappa shape index (κ3) is 2.98. The van der Waals surface area contributed by atoms with Crippen LogP contribution >= 0.6 is 0 Å². The van der Waals surface area contributed by atoms with Crippen LogP contribution in [-0.4, -0.2) is 14.7 Å². The van der Waals surface area contributed by atoms with Crippen molar-refractivity contribution < 1.29 is 13.9 Å². The van der Waals surface area contributed by atoms with Crippen molar-refractivity contribution in [1.82, 2.24) is 9.55 Å². The molecular formula is C14H16F2N2O. The van der Waals surface area contributed by atoms with Gasteiger partial charge in [-0.25, -0.2) is 13.8 Å². The summed E-state index contributed by atoms with van der Waals surface area (Å²) in [6, 6.07) is 3.97. The monoisotopic (exact) mass is 266 g/mol. The van der Waals surface area contributed by atoms with Crippen LogP contribution in [0.4, 0.5) is 8.78 Å². The highest BCUT2D eigenvalue weighted by Gasteiger charge is 2.17. The molecular weight excluding hydrogens is 250 g/mol. The van der Waals surface area contributed by atoms with E-state index in [1.807, 2.05) is 11.5 Å². The quantitative estimate of drug-likeness (QED) is 0.903. The van der Waals surface area contributed by atoms with Gasteiger partial charge in [-0.2, -0.15) is 0 Å². The molecule has 1 N–H and O–H groups in total. The molecule has 3 nitrogen and oxygen atoms in total. The number of aliphatic hydroxyl groups is 1. The molecule has 1 atom stereocenters. The second kappa shape index (κ2) is 5.93. The second-order valence-corrected chi connectivity index (χ2v) is 4.44. The summed E-state index contributed by atoms with van der Waals surface area (Å²) in [5.74, 6) is -1.80. The Labute approximate surface area is 110 Å². The Balaban J connectivity index is 2.18. The molecule has 0 radical (unpaired) electrons. The SMILES string of the molecule is CCCn1cncc1C(O)Cc1cccc(F)c1F. The zero-order valence-corrected chi connectivity index (χ0v) is 10.7. The van der Waals surface area contributed by atoms with Gasteiger partial charge < -0.3 is 9.67 Å². The van der Waals surface area contributed by atoms with Crippen molar-refractivity contribution >= 4 is 0 Å². The summed E-state index contributed by atoms with van der Waals surface area (Å²) in [7, 11) is 0. The standard InChI is InChI=1S/C14H16F2N2O/c1-2-6-18-9-17-8-12(18)13(19)7-10-4-3-5-11(15)14(10)16/h3-5,8-9,13,19H,2,6-7H2,1H3. The maximum atomic E-state index is 13.5. The third-order valence-electron chi connectivity index (χ3n) is 3.00. The van der Waals surface area contributed by atoms with E-state index in [-0.39, 0.29) is 12.0 Å². The maximum Gasteiger partial charge on any atom is 0.162 e. The molecule has 2 rings (SSSR count). The van der Waals surface area contributed by atoms with Gasteiger partial charge in [-0.05, 0) is 18.1 Å². The molecule has 0 amide bonds. The first-order chi connectivity index (χ1) is 9.13. The minimum Gasteiger partial charge on any atom is -0.386 e. The molecule has 1 aromatic heterocycles. The number of halogens is 2. The van der Waals surface area contributed by atoms with E-state index in [4.69, 9.17) is 0 Å². The fourth-order valence-corrected chi connectivity index (χ4v) is 2.06. The predicted molar refractivity (Wildman–Crippen MR) is 67.5 cm³/mol. The first-order valence-corrected chi connectivity index (χ1v) is 6.24. The van der Waals surface area contributed by atoms with Crippen molar-refractivity contribution in [3.8, 4) is 0 Å². The summed E-state index contributed by atoms with van der Waals surface area (Å²) in [6.07, 6.45) is 3.22. The van der Waals surface area contributed by atoms with Gasteiger partial charge in [-0.1, -0.05) is 19.1 Å². The zero-order chi connectivity index (χ0) is 13.8. The summed E-state index contributed by atoms with van der Waals surface area (Å²) in [6.45, 7) is 2.75. The molecule has 1 heterocycles. The van der Waals surface area contributed by atoms with Crippen molar-refractivity contribution in [1.29, 1.82) is 0 Å². The van der Waals surface area contributed by atoms with Crippen molar-refractivity contribution in [3.05, 3.63) is 53.6 Å². The highest BCUT2D eigenvalue weighted by Crippen LogP contribution is 2.21. The summed E-state index contributed by atoms with van der Waals surface area (Å²) in [5, 5.41) is 10.1. The van der Waals surface area contributed by atoms with E-state index in [9.17, 15) is 13.9 Å². The van der Waals surface area contributed by atoms with Crippen molar-refractivity contribution in [3.63, 3.8) is 0 Å². The van der Waals surface area contributed by atoms with Crippen LogP contribution in [0.25, 0.3) is 0 Å². The van der Waals surface area contributed by atoms with E-state index in [1.54, 1.807) is 12.5 Å². The number of nitrogens with zero attached hydrogens (tertiary/aromatic N) is 2. The second-order valence-electron chi connectivity index (χ2n) is 4.44. The first kappa shape index (κ1) is 13.7. The van der Waals surface area contributed by atoms with Gasteiger partial charge in [0.05, 0.1) is 24.3 Å². The largest absolute Gasteiger partial charge is 0.386 e. The van der Waals surface area contributed by atoms with E-state index >= 15 is 0 Å².